The van der Waals surface area contributed by atoms with Crippen molar-refractivity contribution in [3.05, 3.63) is 16.0 Å². The largest absolute Gasteiger partial charge is 0.365 e. The van der Waals surface area contributed by atoms with Gasteiger partial charge in [-0.1, -0.05) is 0 Å². The molecular formula is C12H18N2O4S2. The van der Waals surface area contributed by atoms with Crippen LogP contribution in [0.4, 0.5) is 5.00 Å². The van der Waals surface area contributed by atoms with Gasteiger partial charge < -0.3 is 11.1 Å². The fourth-order valence-electron chi connectivity index (χ4n) is 1.70. The lowest BCUT2D eigenvalue weighted by molar-refractivity contribution is -0.116. The van der Waals surface area contributed by atoms with Crippen molar-refractivity contribution in [2.45, 2.75) is 26.7 Å². The van der Waals surface area contributed by atoms with E-state index < -0.39 is 15.7 Å². The SMILES string of the molecule is Cc1sc(NC(=O)CCCS(C)(=O)=O)c(C(N)=O)c1C. The van der Waals surface area contributed by atoms with E-state index in [1.165, 1.54) is 11.3 Å². The molecule has 1 aromatic rings. The summed E-state index contributed by atoms with van der Waals surface area (Å²) in [5.74, 6) is -0.943. The van der Waals surface area contributed by atoms with Gasteiger partial charge in [-0.15, -0.1) is 11.3 Å². The van der Waals surface area contributed by atoms with Gasteiger partial charge in [0.25, 0.3) is 5.91 Å². The summed E-state index contributed by atoms with van der Waals surface area (Å²) in [6, 6.07) is 0. The van der Waals surface area contributed by atoms with Gasteiger partial charge in [0.1, 0.15) is 14.8 Å². The Morgan fingerprint density at radius 2 is 1.90 bits per heavy atom. The number of carbonyl (C=O) groups excluding carboxylic acids is 2. The van der Waals surface area contributed by atoms with E-state index in [1.54, 1.807) is 6.92 Å². The normalized spacial score (nSPS) is 11.3. The standard InChI is InChI=1S/C12H18N2O4S2/c1-7-8(2)19-12(10(7)11(13)16)14-9(15)5-4-6-20(3,17)18/h4-6H2,1-3H3,(H2,13,16)(H,14,15). The number of sulfone groups is 1. The Balaban J connectivity index is 2.72. The molecule has 0 aromatic carbocycles. The van der Waals surface area contributed by atoms with Crippen LogP contribution in [0.3, 0.4) is 0 Å². The fraction of sp³-hybridized carbons (Fsp3) is 0.500. The summed E-state index contributed by atoms with van der Waals surface area (Å²) in [5.41, 5.74) is 6.38. The van der Waals surface area contributed by atoms with Crippen molar-refractivity contribution in [3.63, 3.8) is 0 Å². The van der Waals surface area contributed by atoms with Crippen LogP contribution in [0.2, 0.25) is 0 Å². The fourth-order valence-corrected chi connectivity index (χ4v) is 3.45. The van der Waals surface area contributed by atoms with Gasteiger partial charge in [0, 0.05) is 17.6 Å². The first-order valence-electron chi connectivity index (χ1n) is 5.99. The maximum Gasteiger partial charge on any atom is 0.251 e. The summed E-state index contributed by atoms with van der Waals surface area (Å²) in [4.78, 5) is 24.0. The Kier molecular flexibility index (Phi) is 5.29. The molecule has 0 aliphatic heterocycles. The maximum absolute atomic E-state index is 11.7. The quantitative estimate of drug-likeness (QED) is 0.822. The number of hydrogen-bond acceptors (Lipinski definition) is 5. The van der Waals surface area contributed by atoms with Crippen molar-refractivity contribution < 1.29 is 18.0 Å². The lowest BCUT2D eigenvalue weighted by Gasteiger charge is -2.04. The molecule has 0 unspecified atom stereocenters. The van der Waals surface area contributed by atoms with Crippen LogP contribution >= 0.6 is 11.3 Å². The van der Waals surface area contributed by atoms with Gasteiger partial charge in [0.05, 0.1) is 11.3 Å². The second kappa shape index (κ2) is 6.36. The first-order valence-corrected chi connectivity index (χ1v) is 8.87. The van der Waals surface area contributed by atoms with Crippen molar-refractivity contribution >= 4 is 38.0 Å². The van der Waals surface area contributed by atoms with Gasteiger partial charge in [-0.05, 0) is 25.8 Å². The second-order valence-electron chi connectivity index (χ2n) is 4.63. The van der Waals surface area contributed by atoms with Crippen LogP contribution in [0.15, 0.2) is 0 Å². The van der Waals surface area contributed by atoms with Crippen LogP contribution in [-0.4, -0.2) is 32.2 Å². The number of hydrogen-bond donors (Lipinski definition) is 2. The molecule has 1 heterocycles. The van der Waals surface area contributed by atoms with Gasteiger partial charge >= 0.3 is 0 Å². The van der Waals surface area contributed by atoms with Crippen molar-refractivity contribution in [2.24, 2.45) is 5.73 Å². The third-order valence-corrected chi connectivity index (χ3v) is 4.96. The van der Waals surface area contributed by atoms with E-state index in [9.17, 15) is 18.0 Å². The van der Waals surface area contributed by atoms with Crippen LogP contribution in [0.1, 0.15) is 33.6 Å². The number of rotatable bonds is 6. The zero-order valence-electron chi connectivity index (χ0n) is 11.6. The number of nitrogens with one attached hydrogen (secondary N) is 1. The Hall–Kier alpha value is -1.41. The summed E-state index contributed by atoms with van der Waals surface area (Å²) in [5, 5.41) is 3.05. The predicted octanol–water partition coefficient (Wildman–Crippen LogP) is 1.23. The molecule has 0 aliphatic rings. The second-order valence-corrected chi connectivity index (χ2v) is 8.12. The van der Waals surface area contributed by atoms with Gasteiger partial charge in [-0.25, -0.2) is 8.42 Å². The van der Waals surface area contributed by atoms with E-state index in [0.29, 0.717) is 10.6 Å². The number of carbonyl (C=O) groups is 2. The van der Waals surface area contributed by atoms with Crippen LogP contribution in [0.5, 0.6) is 0 Å². The summed E-state index contributed by atoms with van der Waals surface area (Å²) in [6.45, 7) is 3.61. The smallest absolute Gasteiger partial charge is 0.251 e. The van der Waals surface area contributed by atoms with Crippen molar-refractivity contribution in [3.8, 4) is 0 Å². The third-order valence-electron chi connectivity index (χ3n) is 2.80. The molecule has 1 aromatic heterocycles. The average molecular weight is 318 g/mol. The molecular weight excluding hydrogens is 300 g/mol. The molecule has 1 rings (SSSR count). The van der Waals surface area contributed by atoms with Crippen molar-refractivity contribution in [2.75, 3.05) is 17.3 Å². The van der Waals surface area contributed by atoms with Gasteiger partial charge in [-0.3, -0.25) is 9.59 Å². The van der Waals surface area contributed by atoms with E-state index in [-0.39, 0.29) is 24.5 Å². The van der Waals surface area contributed by atoms with Gasteiger partial charge in [0.15, 0.2) is 0 Å². The molecule has 0 saturated carbocycles. The van der Waals surface area contributed by atoms with E-state index in [2.05, 4.69) is 5.32 Å². The molecule has 20 heavy (non-hydrogen) atoms. The van der Waals surface area contributed by atoms with E-state index in [0.717, 1.165) is 16.7 Å². The number of thiophene rings is 1. The first kappa shape index (κ1) is 16.6. The molecule has 0 radical (unpaired) electrons. The summed E-state index contributed by atoms with van der Waals surface area (Å²) in [7, 11) is -3.07. The molecule has 0 fully saturated rings. The van der Waals surface area contributed by atoms with Crippen LogP contribution in [0.25, 0.3) is 0 Å². The van der Waals surface area contributed by atoms with E-state index >= 15 is 0 Å². The molecule has 2 amide bonds. The Labute approximate surface area is 122 Å². The number of primary amides is 1. The minimum Gasteiger partial charge on any atom is -0.365 e. The molecule has 112 valence electrons. The van der Waals surface area contributed by atoms with Gasteiger partial charge in [0.2, 0.25) is 5.91 Å². The molecule has 0 bridgehead atoms. The zero-order chi connectivity index (χ0) is 15.5. The monoisotopic (exact) mass is 318 g/mol. The summed E-state index contributed by atoms with van der Waals surface area (Å²) in [6.07, 6.45) is 1.46. The predicted molar refractivity (Wildman–Crippen MR) is 79.9 cm³/mol. The number of amides is 2. The highest BCUT2D eigenvalue weighted by molar-refractivity contribution is 7.90. The Morgan fingerprint density at radius 1 is 1.30 bits per heavy atom. The van der Waals surface area contributed by atoms with Crippen LogP contribution in [-0.2, 0) is 14.6 Å². The van der Waals surface area contributed by atoms with Gasteiger partial charge in [-0.2, -0.15) is 0 Å². The number of aryl methyl sites for hydroxylation is 1. The minimum absolute atomic E-state index is 0.0361. The third kappa shape index (κ3) is 4.61. The van der Waals surface area contributed by atoms with E-state index in [4.69, 9.17) is 5.73 Å². The molecule has 6 nitrogen and oxygen atoms in total. The lowest BCUT2D eigenvalue weighted by Crippen LogP contribution is -2.17. The van der Waals surface area contributed by atoms with Crippen molar-refractivity contribution in [1.29, 1.82) is 0 Å². The minimum atomic E-state index is -3.07. The molecule has 0 atom stereocenters. The Bertz CT molecular complexity index is 632. The lowest BCUT2D eigenvalue weighted by atomic mass is 10.1. The van der Waals surface area contributed by atoms with E-state index in [1.807, 2.05) is 6.92 Å². The number of nitrogens with two attached hydrogens (primary N) is 1. The molecule has 3 N–H and O–H groups in total. The summed E-state index contributed by atoms with van der Waals surface area (Å²) >= 11 is 1.29. The summed E-state index contributed by atoms with van der Waals surface area (Å²) < 4.78 is 21.9. The molecule has 0 saturated heterocycles. The number of anilines is 1. The van der Waals surface area contributed by atoms with Crippen LogP contribution < -0.4 is 11.1 Å². The van der Waals surface area contributed by atoms with Crippen LogP contribution in [0, 0.1) is 13.8 Å². The highest BCUT2D eigenvalue weighted by Gasteiger charge is 2.18. The highest BCUT2D eigenvalue weighted by Crippen LogP contribution is 2.32. The van der Waals surface area contributed by atoms with Crippen molar-refractivity contribution in [1.82, 2.24) is 0 Å². The molecule has 8 heteroatoms. The first-order chi connectivity index (χ1) is 9.11. The zero-order valence-corrected chi connectivity index (χ0v) is 13.3. The molecule has 0 spiro atoms. The maximum atomic E-state index is 11.7. The molecule has 0 aliphatic carbocycles. The topological polar surface area (TPSA) is 106 Å². The average Bonchev–Trinajstić information content (AvgIpc) is 2.52. The highest BCUT2D eigenvalue weighted by atomic mass is 32.2. The Morgan fingerprint density at radius 3 is 2.40 bits per heavy atom.